The van der Waals surface area contributed by atoms with Crippen LogP contribution >= 0.6 is 0 Å². The Morgan fingerprint density at radius 3 is 2.69 bits per heavy atom. The average Bonchev–Trinajstić information content (AvgIpc) is 3.01. The van der Waals surface area contributed by atoms with Crippen molar-refractivity contribution in [3.8, 4) is 0 Å². The number of rotatable bonds is 6. The normalized spacial score (nSPS) is 10.7. The zero-order valence-electron chi connectivity index (χ0n) is 15.1. The van der Waals surface area contributed by atoms with Crippen molar-refractivity contribution >= 4 is 28.4 Å². The number of aromatic nitrogens is 1. The number of anilines is 1. The lowest BCUT2D eigenvalue weighted by Crippen LogP contribution is -2.38. The molecule has 1 aromatic heterocycles. The molecule has 0 radical (unpaired) electrons. The number of H-pyrrole nitrogens is 1. The van der Waals surface area contributed by atoms with Gasteiger partial charge in [0, 0.05) is 36.3 Å². The Morgan fingerprint density at radius 2 is 1.92 bits per heavy atom. The number of carbonyl (C=O) groups excluding carboxylic acids is 2. The van der Waals surface area contributed by atoms with E-state index in [9.17, 15) is 9.59 Å². The molecule has 2 N–H and O–H groups in total. The summed E-state index contributed by atoms with van der Waals surface area (Å²) in [4.78, 5) is 29.1. The van der Waals surface area contributed by atoms with Gasteiger partial charge in [-0.3, -0.25) is 9.59 Å². The van der Waals surface area contributed by atoms with Crippen LogP contribution in [-0.4, -0.2) is 34.8 Å². The molecule has 5 nitrogen and oxygen atoms in total. The number of nitrogens with one attached hydrogen (secondary N) is 2. The van der Waals surface area contributed by atoms with Crippen molar-refractivity contribution < 1.29 is 9.59 Å². The van der Waals surface area contributed by atoms with Gasteiger partial charge in [-0.2, -0.15) is 0 Å². The molecule has 0 aliphatic carbocycles. The van der Waals surface area contributed by atoms with Crippen LogP contribution in [0.5, 0.6) is 0 Å². The van der Waals surface area contributed by atoms with E-state index in [2.05, 4.69) is 16.4 Å². The largest absolute Gasteiger partial charge is 0.361 e. The Morgan fingerprint density at radius 1 is 1.12 bits per heavy atom. The van der Waals surface area contributed by atoms with Gasteiger partial charge in [-0.25, -0.2) is 0 Å². The number of amides is 2. The van der Waals surface area contributed by atoms with E-state index in [4.69, 9.17) is 0 Å². The van der Waals surface area contributed by atoms with Crippen LogP contribution in [0, 0.1) is 6.92 Å². The second kappa shape index (κ2) is 7.87. The molecular formula is C21H23N3O2. The standard InChI is InChI=1S/C21H23N3O2/c1-15-6-5-7-18(12-15)23-21(26)14-24(16(2)25)11-10-17-13-22-20-9-4-3-8-19(17)20/h3-9,12-13,22H,10-11,14H2,1-2H3,(H,23,26). The van der Waals surface area contributed by atoms with Crippen molar-refractivity contribution in [1.29, 1.82) is 0 Å². The van der Waals surface area contributed by atoms with E-state index in [1.54, 1.807) is 4.90 Å². The predicted molar refractivity (Wildman–Crippen MR) is 104 cm³/mol. The molecule has 0 spiro atoms. The third-order valence-corrected chi connectivity index (χ3v) is 4.41. The van der Waals surface area contributed by atoms with Gasteiger partial charge in [0.1, 0.15) is 0 Å². The van der Waals surface area contributed by atoms with Crippen LogP contribution in [-0.2, 0) is 16.0 Å². The van der Waals surface area contributed by atoms with Crippen molar-refractivity contribution in [3.05, 3.63) is 65.9 Å². The van der Waals surface area contributed by atoms with Gasteiger partial charge in [0.15, 0.2) is 0 Å². The first-order valence-electron chi connectivity index (χ1n) is 8.70. The van der Waals surface area contributed by atoms with Crippen molar-refractivity contribution in [3.63, 3.8) is 0 Å². The molecule has 2 aromatic carbocycles. The molecule has 0 atom stereocenters. The molecule has 5 heteroatoms. The molecule has 3 aromatic rings. The highest BCUT2D eigenvalue weighted by molar-refractivity contribution is 5.94. The van der Waals surface area contributed by atoms with Gasteiger partial charge >= 0.3 is 0 Å². The van der Waals surface area contributed by atoms with Gasteiger partial charge in [0.2, 0.25) is 11.8 Å². The number of hydrogen-bond acceptors (Lipinski definition) is 2. The fourth-order valence-electron chi connectivity index (χ4n) is 3.04. The Kier molecular flexibility index (Phi) is 5.37. The van der Waals surface area contributed by atoms with Gasteiger partial charge < -0.3 is 15.2 Å². The highest BCUT2D eigenvalue weighted by Gasteiger charge is 2.15. The van der Waals surface area contributed by atoms with Gasteiger partial charge in [0.25, 0.3) is 0 Å². The number of aryl methyl sites for hydroxylation is 1. The monoisotopic (exact) mass is 349 g/mol. The lowest BCUT2D eigenvalue weighted by atomic mass is 10.1. The first-order valence-corrected chi connectivity index (χ1v) is 8.70. The SMILES string of the molecule is CC(=O)N(CCc1c[nH]c2ccccc12)CC(=O)Nc1cccc(C)c1. The van der Waals surface area contributed by atoms with Crippen LogP contribution in [0.2, 0.25) is 0 Å². The summed E-state index contributed by atoms with van der Waals surface area (Å²) < 4.78 is 0. The van der Waals surface area contributed by atoms with Crippen molar-refractivity contribution in [2.24, 2.45) is 0 Å². The van der Waals surface area contributed by atoms with E-state index >= 15 is 0 Å². The van der Waals surface area contributed by atoms with Crippen LogP contribution in [0.3, 0.4) is 0 Å². The van der Waals surface area contributed by atoms with Crippen molar-refractivity contribution in [1.82, 2.24) is 9.88 Å². The molecule has 2 amide bonds. The molecule has 0 saturated carbocycles. The van der Waals surface area contributed by atoms with Crippen molar-refractivity contribution in [2.45, 2.75) is 20.3 Å². The third-order valence-electron chi connectivity index (χ3n) is 4.41. The zero-order valence-corrected chi connectivity index (χ0v) is 15.1. The number of fused-ring (bicyclic) bond motifs is 1. The Hall–Kier alpha value is -3.08. The van der Waals surface area contributed by atoms with E-state index in [0.29, 0.717) is 13.0 Å². The van der Waals surface area contributed by atoms with E-state index in [1.165, 1.54) is 6.92 Å². The molecule has 1 heterocycles. The molecular weight excluding hydrogens is 326 g/mol. The predicted octanol–water partition coefficient (Wildman–Crippen LogP) is 3.51. The lowest BCUT2D eigenvalue weighted by molar-refractivity contribution is -0.132. The second-order valence-electron chi connectivity index (χ2n) is 6.47. The minimum absolute atomic E-state index is 0.0473. The summed E-state index contributed by atoms with van der Waals surface area (Å²) in [5.74, 6) is -0.297. The summed E-state index contributed by atoms with van der Waals surface area (Å²) in [6.45, 7) is 4.01. The van der Waals surface area contributed by atoms with E-state index in [0.717, 1.165) is 27.7 Å². The summed E-state index contributed by atoms with van der Waals surface area (Å²) in [6.07, 6.45) is 2.66. The Labute approximate surface area is 153 Å². The number of benzene rings is 2. The number of hydrogen-bond donors (Lipinski definition) is 2. The molecule has 0 fully saturated rings. The first-order chi connectivity index (χ1) is 12.5. The lowest BCUT2D eigenvalue weighted by Gasteiger charge is -2.20. The molecule has 134 valence electrons. The molecule has 0 saturated heterocycles. The highest BCUT2D eigenvalue weighted by atomic mass is 16.2. The minimum Gasteiger partial charge on any atom is -0.361 e. The van der Waals surface area contributed by atoms with Crippen LogP contribution in [0.25, 0.3) is 10.9 Å². The summed E-state index contributed by atoms with van der Waals surface area (Å²) in [5.41, 5.74) is 4.04. The summed E-state index contributed by atoms with van der Waals surface area (Å²) in [5, 5.41) is 4.00. The number of para-hydroxylation sites is 1. The van der Waals surface area contributed by atoms with Crippen molar-refractivity contribution in [2.75, 3.05) is 18.4 Å². The smallest absolute Gasteiger partial charge is 0.243 e. The van der Waals surface area contributed by atoms with Crippen LogP contribution < -0.4 is 5.32 Å². The topological polar surface area (TPSA) is 65.2 Å². The van der Waals surface area contributed by atoms with Gasteiger partial charge in [-0.15, -0.1) is 0 Å². The maximum absolute atomic E-state index is 12.3. The first kappa shape index (κ1) is 17.7. The maximum Gasteiger partial charge on any atom is 0.243 e. The zero-order chi connectivity index (χ0) is 18.5. The molecule has 0 aliphatic rings. The van der Waals surface area contributed by atoms with Gasteiger partial charge in [-0.05, 0) is 42.7 Å². The van der Waals surface area contributed by atoms with E-state index < -0.39 is 0 Å². The average molecular weight is 349 g/mol. The van der Waals surface area contributed by atoms with Gasteiger partial charge in [-0.1, -0.05) is 30.3 Å². The van der Waals surface area contributed by atoms with Crippen LogP contribution in [0.15, 0.2) is 54.7 Å². The van der Waals surface area contributed by atoms with Crippen LogP contribution in [0.4, 0.5) is 5.69 Å². The minimum atomic E-state index is -0.190. The molecule has 0 unspecified atom stereocenters. The molecule has 26 heavy (non-hydrogen) atoms. The van der Waals surface area contributed by atoms with E-state index in [1.807, 2.05) is 55.6 Å². The van der Waals surface area contributed by atoms with Gasteiger partial charge in [0.05, 0.1) is 6.54 Å². The number of carbonyl (C=O) groups is 2. The summed E-state index contributed by atoms with van der Waals surface area (Å²) >= 11 is 0. The number of aromatic amines is 1. The van der Waals surface area contributed by atoms with E-state index in [-0.39, 0.29) is 18.4 Å². The highest BCUT2D eigenvalue weighted by Crippen LogP contribution is 2.18. The fourth-order valence-corrected chi connectivity index (χ4v) is 3.04. The quantitative estimate of drug-likeness (QED) is 0.715. The number of nitrogens with zero attached hydrogens (tertiary/aromatic N) is 1. The maximum atomic E-state index is 12.3. The fraction of sp³-hybridized carbons (Fsp3) is 0.238. The molecule has 0 bridgehead atoms. The molecule has 0 aliphatic heterocycles. The summed E-state index contributed by atoms with van der Waals surface area (Å²) in [6, 6.07) is 15.7. The Bertz CT molecular complexity index is 930. The molecule has 3 rings (SSSR count). The Balaban J connectivity index is 1.62. The third kappa shape index (κ3) is 4.30. The summed E-state index contributed by atoms with van der Waals surface area (Å²) in [7, 11) is 0. The van der Waals surface area contributed by atoms with Crippen LogP contribution in [0.1, 0.15) is 18.1 Å². The second-order valence-corrected chi connectivity index (χ2v) is 6.47.